The fourth-order valence-corrected chi connectivity index (χ4v) is 1.47. The van der Waals surface area contributed by atoms with Crippen LogP contribution >= 0.6 is 0 Å². The fourth-order valence-electron chi connectivity index (χ4n) is 1.47. The van der Waals surface area contributed by atoms with Crippen LogP contribution in [0.1, 0.15) is 10.4 Å². The number of carbonyl (C=O) groups is 1. The predicted molar refractivity (Wildman–Crippen MR) is 58.8 cm³/mol. The molecular formula is C11H9N3O2. The van der Waals surface area contributed by atoms with Gasteiger partial charge in [-0.1, -0.05) is 12.1 Å². The highest BCUT2D eigenvalue weighted by atomic mass is 16.4. The maximum atomic E-state index is 11.1. The zero-order valence-corrected chi connectivity index (χ0v) is 8.29. The lowest BCUT2D eigenvalue weighted by molar-refractivity contribution is 0.0699. The molecule has 16 heavy (non-hydrogen) atoms. The van der Waals surface area contributed by atoms with Crippen molar-refractivity contribution in [3.05, 3.63) is 42.1 Å². The van der Waals surface area contributed by atoms with E-state index >= 15 is 0 Å². The first kappa shape index (κ1) is 10.1. The van der Waals surface area contributed by atoms with Crippen LogP contribution in [-0.4, -0.2) is 21.3 Å². The van der Waals surface area contributed by atoms with E-state index in [0.717, 1.165) is 0 Å². The Balaban J connectivity index is 2.66. The molecule has 3 N–H and O–H groups in total. The van der Waals surface area contributed by atoms with Gasteiger partial charge < -0.3 is 10.8 Å². The van der Waals surface area contributed by atoms with E-state index in [9.17, 15) is 4.79 Å². The van der Waals surface area contributed by atoms with Crippen molar-refractivity contribution in [2.45, 2.75) is 0 Å². The Labute approximate surface area is 91.6 Å². The number of hydrogen-bond acceptors (Lipinski definition) is 4. The van der Waals surface area contributed by atoms with Gasteiger partial charge in [0.15, 0.2) is 0 Å². The lowest BCUT2D eigenvalue weighted by atomic mass is 10.0. The molecule has 0 aliphatic heterocycles. The van der Waals surface area contributed by atoms with Gasteiger partial charge in [-0.05, 0) is 18.2 Å². The zero-order valence-electron chi connectivity index (χ0n) is 8.29. The van der Waals surface area contributed by atoms with Gasteiger partial charge in [0.25, 0.3) is 0 Å². The topological polar surface area (TPSA) is 89.1 Å². The number of benzene rings is 1. The Morgan fingerprint density at radius 2 is 2.06 bits per heavy atom. The Hall–Kier alpha value is -2.43. The number of rotatable bonds is 2. The van der Waals surface area contributed by atoms with Crippen LogP contribution in [-0.2, 0) is 0 Å². The molecule has 0 bridgehead atoms. The second kappa shape index (κ2) is 3.98. The number of nitrogen functional groups attached to an aromatic ring is 1. The number of carboxylic acid groups (broad SMARTS) is 1. The number of nitrogens with two attached hydrogens (primary N) is 1. The van der Waals surface area contributed by atoms with E-state index in [0.29, 0.717) is 11.3 Å². The molecule has 5 nitrogen and oxygen atoms in total. The molecule has 0 atom stereocenters. The van der Waals surface area contributed by atoms with Crippen LogP contribution in [0.4, 0.5) is 5.69 Å². The number of nitrogens with zero attached hydrogens (tertiary/aromatic N) is 2. The lowest BCUT2D eigenvalue weighted by Gasteiger charge is -2.06. The summed E-state index contributed by atoms with van der Waals surface area (Å²) in [5.41, 5.74) is 6.87. The van der Waals surface area contributed by atoms with Crippen molar-refractivity contribution in [2.75, 3.05) is 5.73 Å². The molecule has 0 fully saturated rings. The van der Waals surface area contributed by atoms with Gasteiger partial charge in [-0.2, -0.15) is 10.2 Å². The van der Waals surface area contributed by atoms with Crippen molar-refractivity contribution in [1.29, 1.82) is 0 Å². The van der Waals surface area contributed by atoms with Gasteiger partial charge in [0.05, 0.1) is 11.3 Å². The summed E-state index contributed by atoms with van der Waals surface area (Å²) in [6.45, 7) is 0. The molecule has 0 spiro atoms. The van der Waals surface area contributed by atoms with E-state index in [1.807, 2.05) is 0 Å². The van der Waals surface area contributed by atoms with Crippen molar-refractivity contribution in [3.8, 4) is 11.3 Å². The summed E-state index contributed by atoms with van der Waals surface area (Å²) >= 11 is 0. The normalized spacial score (nSPS) is 10.0. The number of aromatic nitrogens is 2. The molecular weight excluding hydrogens is 206 g/mol. The van der Waals surface area contributed by atoms with E-state index in [1.54, 1.807) is 30.3 Å². The highest BCUT2D eigenvalue weighted by Crippen LogP contribution is 2.25. The molecule has 0 aliphatic rings. The number of carboxylic acids is 1. The molecule has 0 unspecified atom stereocenters. The average molecular weight is 215 g/mol. The van der Waals surface area contributed by atoms with Crippen molar-refractivity contribution in [3.63, 3.8) is 0 Å². The molecule has 0 aliphatic carbocycles. The van der Waals surface area contributed by atoms with Gasteiger partial charge >= 0.3 is 5.97 Å². The smallest absolute Gasteiger partial charge is 0.338 e. The van der Waals surface area contributed by atoms with Gasteiger partial charge in [0.1, 0.15) is 0 Å². The first-order chi connectivity index (χ1) is 7.70. The van der Waals surface area contributed by atoms with Crippen molar-refractivity contribution >= 4 is 11.7 Å². The summed E-state index contributed by atoms with van der Waals surface area (Å²) in [5.74, 6) is -1.07. The van der Waals surface area contributed by atoms with E-state index in [2.05, 4.69) is 10.2 Å². The minimum atomic E-state index is -1.07. The van der Waals surface area contributed by atoms with Crippen LogP contribution in [0.2, 0.25) is 0 Å². The van der Waals surface area contributed by atoms with Crippen LogP contribution < -0.4 is 5.73 Å². The van der Waals surface area contributed by atoms with Crippen molar-refractivity contribution in [1.82, 2.24) is 10.2 Å². The van der Waals surface area contributed by atoms with Crippen LogP contribution in [0.25, 0.3) is 11.3 Å². The first-order valence-electron chi connectivity index (χ1n) is 4.60. The summed E-state index contributed by atoms with van der Waals surface area (Å²) in [6, 6.07) is 8.27. The van der Waals surface area contributed by atoms with E-state index in [-0.39, 0.29) is 11.3 Å². The number of aromatic carboxylic acids is 1. The summed E-state index contributed by atoms with van der Waals surface area (Å²) in [5, 5.41) is 16.7. The van der Waals surface area contributed by atoms with Crippen LogP contribution in [0.15, 0.2) is 36.5 Å². The third kappa shape index (κ3) is 1.70. The largest absolute Gasteiger partial charge is 0.478 e. The summed E-state index contributed by atoms with van der Waals surface area (Å²) in [6.07, 6.45) is 1.52. The van der Waals surface area contributed by atoms with Gasteiger partial charge in [0, 0.05) is 17.4 Å². The number of hydrogen-bond donors (Lipinski definition) is 2. The molecule has 2 aromatic rings. The summed E-state index contributed by atoms with van der Waals surface area (Å²) < 4.78 is 0. The van der Waals surface area contributed by atoms with Crippen LogP contribution in [0, 0.1) is 0 Å². The lowest BCUT2D eigenvalue weighted by Crippen LogP contribution is -2.05. The van der Waals surface area contributed by atoms with E-state index in [4.69, 9.17) is 10.8 Å². The first-order valence-corrected chi connectivity index (χ1v) is 4.60. The van der Waals surface area contributed by atoms with Crippen molar-refractivity contribution in [2.24, 2.45) is 0 Å². The van der Waals surface area contributed by atoms with Crippen LogP contribution in [0.5, 0.6) is 0 Å². The van der Waals surface area contributed by atoms with Gasteiger partial charge in [-0.25, -0.2) is 4.79 Å². The molecule has 5 heteroatoms. The minimum absolute atomic E-state index is 0.0583. The molecule has 1 aromatic carbocycles. The monoisotopic (exact) mass is 215 g/mol. The van der Waals surface area contributed by atoms with Gasteiger partial charge in [-0.3, -0.25) is 0 Å². The van der Waals surface area contributed by atoms with Crippen LogP contribution in [0.3, 0.4) is 0 Å². The maximum Gasteiger partial charge on any atom is 0.338 e. The average Bonchev–Trinajstić information content (AvgIpc) is 2.29. The maximum absolute atomic E-state index is 11.1. The molecule has 80 valence electrons. The Morgan fingerprint density at radius 1 is 1.25 bits per heavy atom. The molecule has 0 saturated carbocycles. The Bertz CT molecular complexity index is 526. The van der Waals surface area contributed by atoms with Gasteiger partial charge in [0.2, 0.25) is 0 Å². The Morgan fingerprint density at radius 3 is 2.69 bits per heavy atom. The third-order valence-electron chi connectivity index (χ3n) is 2.16. The van der Waals surface area contributed by atoms with Gasteiger partial charge in [-0.15, -0.1) is 0 Å². The van der Waals surface area contributed by atoms with Crippen molar-refractivity contribution < 1.29 is 9.90 Å². The molecule has 0 amide bonds. The minimum Gasteiger partial charge on any atom is -0.478 e. The molecule has 2 rings (SSSR count). The molecule has 0 radical (unpaired) electrons. The predicted octanol–water partition coefficient (Wildman–Crippen LogP) is 1.42. The highest BCUT2D eigenvalue weighted by molar-refractivity contribution is 6.00. The highest BCUT2D eigenvalue weighted by Gasteiger charge is 2.15. The van der Waals surface area contributed by atoms with E-state index in [1.165, 1.54) is 6.20 Å². The molecule has 1 aromatic heterocycles. The molecule has 1 heterocycles. The quantitative estimate of drug-likeness (QED) is 0.739. The third-order valence-corrected chi connectivity index (χ3v) is 2.16. The fraction of sp³-hybridized carbons (Fsp3) is 0. The van der Waals surface area contributed by atoms with E-state index < -0.39 is 5.97 Å². The second-order valence-corrected chi connectivity index (χ2v) is 3.18. The summed E-state index contributed by atoms with van der Waals surface area (Å²) in [7, 11) is 0. The zero-order chi connectivity index (χ0) is 11.5. The summed E-state index contributed by atoms with van der Waals surface area (Å²) in [4.78, 5) is 11.1. The number of anilines is 1. The second-order valence-electron chi connectivity index (χ2n) is 3.18. The standard InChI is InChI=1S/C11H9N3O2/c12-8-4-1-3-7(10(8)11(15)16)9-5-2-6-13-14-9/h1-6H,12H2,(H,15,16). The SMILES string of the molecule is Nc1cccc(-c2cccnn2)c1C(=O)O. The Kier molecular flexibility index (Phi) is 2.51. The molecule has 0 saturated heterocycles.